The Balaban J connectivity index is 1.64. The van der Waals surface area contributed by atoms with Crippen molar-refractivity contribution in [1.29, 1.82) is 10.5 Å². The van der Waals surface area contributed by atoms with Gasteiger partial charge in [0.15, 0.2) is 0 Å². The highest BCUT2D eigenvalue weighted by Crippen LogP contribution is 2.37. The van der Waals surface area contributed by atoms with Crippen LogP contribution in [0.1, 0.15) is 45.8 Å². The number of fused-ring (bicyclic) bond motifs is 1. The predicted molar refractivity (Wildman–Crippen MR) is 131 cm³/mol. The maximum atomic E-state index is 12.9. The molecule has 7 heteroatoms. The molecule has 0 unspecified atom stereocenters. The number of carbonyl (C=O) groups is 1. The van der Waals surface area contributed by atoms with Gasteiger partial charge in [-0.15, -0.1) is 11.3 Å². The fourth-order valence-electron chi connectivity index (χ4n) is 4.17. The lowest BCUT2D eigenvalue weighted by Crippen LogP contribution is -2.13. The fraction of sp³-hybridized carbons (Fsp3) is 0.240. The lowest BCUT2D eigenvalue weighted by molar-refractivity contribution is -0.112. The summed E-state index contributed by atoms with van der Waals surface area (Å²) in [6.45, 7) is 3.96. The maximum absolute atomic E-state index is 12.9. The molecule has 3 aromatic rings. The van der Waals surface area contributed by atoms with E-state index in [0.29, 0.717) is 10.6 Å². The molecule has 1 aliphatic rings. The third kappa shape index (κ3) is 4.14. The van der Waals surface area contributed by atoms with E-state index in [9.17, 15) is 15.3 Å². The molecule has 0 fully saturated rings. The van der Waals surface area contributed by atoms with E-state index in [1.807, 2.05) is 50.2 Å². The zero-order valence-electron chi connectivity index (χ0n) is 17.8. The van der Waals surface area contributed by atoms with Crippen LogP contribution in [0.2, 0.25) is 0 Å². The van der Waals surface area contributed by atoms with Gasteiger partial charge in [0, 0.05) is 26.4 Å². The summed E-state index contributed by atoms with van der Waals surface area (Å²) in [4.78, 5) is 14.1. The number of nitriles is 2. The first-order valence-electron chi connectivity index (χ1n) is 10.4. The van der Waals surface area contributed by atoms with Crippen molar-refractivity contribution in [3.8, 4) is 17.8 Å². The van der Waals surface area contributed by atoms with Gasteiger partial charge < -0.3 is 9.88 Å². The summed E-state index contributed by atoms with van der Waals surface area (Å²) in [6.07, 6.45) is 5.58. The van der Waals surface area contributed by atoms with E-state index >= 15 is 0 Å². The first-order valence-corrected chi connectivity index (χ1v) is 12.0. The molecule has 1 aromatic carbocycles. The number of anilines is 1. The summed E-state index contributed by atoms with van der Waals surface area (Å²) in [6, 6.07) is 14.2. The number of nitrogens with one attached hydrogen (secondary N) is 1. The number of aromatic nitrogens is 1. The second-order valence-electron chi connectivity index (χ2n) is 7.79. The number of benzene rings is 1. The van der Waals surface area contributed by atoms with E-state index in [0.717, 1.165) is 58.4 Å². The van der Waals surface area contributed by atoms with Crippen molar-refractivity contribution in [1.82, 2.24) is 4.57 Å². The van der Waals surface area contributed by atoms with Crippen LogP contribution in [-0.2, 0) is 17.6 Å². The summed E-state index contributed by atoms with van der Waals surface area (Å²) < 4.78 is 3.09. The van der Waals surface area contributed by atoms with Crippen molar-refractivity contribution in [2.75, 3.05) is 5.32 Å². The normalized spacial score (nSPS) is 13.2. The number of hydrogen-bond acceptors (Lipinski definition) is 4. The molecule has 0 bridgehead atoms. The standard InChI is InChI=1S/C25H21BrN4OS/c1-15-11-17(16(2)30(15)20-9-7-19(26)8-10-20)12-18(13-27)24(31)29-25-22(14-28)21-5-3-4-6-23(21)32-25/h7-12H,3-6H2,1-2H3,(H,29,31)/b18-12+. The molecule has 4 rings (SSSR count). The SMILES string of the molecule is Cc1cc(/C=C(\C#N)C(=O)Nc2sc3c(c2C#N)CCCC3)c(C)n1-c1ccc(Br)cc1. The van der Waals surface area contributed by atoms with Crippen LogP contribution in [0.25, 0.3) is 11.8 Å². The van der Waals surface area contributed by atoms with Crippen LogP contribution in [-0.4, -0.2) is 10.5 Å². The molecule has 1 aliphatic carbocycles. The van der Waals surface area contributed by atoms with Crippen LogP contribution in [0.5, 0.6) is 0 Å². The van der Waals surface area contributed by atoms with Crippen LogP contribution in [0.4, 0.5) is 5.00 Å². The molecular formula is C25H21BrN4OS. The Bertz CT molecular complexity index is 1320. The number of nitrogens with zero attached hydrogens (tertiary/aromatic N) is 3. The molecule has 0 spiro atoms. The average Bonchev–Trinajstić information content (AvgIpc) is 3.28. The minimum absolute atomic E-state index is 0.0105. The zero-order chi connectivity index (χ0) is 22.8. The van der Waals surface area contributed by atoms with Crippen molar-refractivity contribution in [2.45, 2.75) is 39.5 Å². The minimum atomic E-state index is -0.490. The summed E-state index contributed by atoms with van der Waals surface area (Å²) in [5, 5.41) is 22.7. The van der Waals surface area contributed by atoms with Crippen LogP contribution >= 0.6 is 27.3 Å². The smallest absolute Gasteiger partial charge is 0.266 e. The topological polar surface area (TPSA) is 81.6 Å². The maximum Gasteiger partial charge on any atom is 0.266 e. The van der Waals surface area contributed by atoms with Crippen molar-refractivity contribution >= 4 is 44.3 Å². The van der Waals surface area contributed by atoms with Crippen molar-refractivity contribution in [3.05, 3.63) is 73.3 Å². The summed E-state index contributed by atoms with van der Waals surface area (Å²) in [5.74, 6) is -0.490. The predicted octanol–water partition coefficient (Wildman–Crippen LogP) is 6.21. The molecule has 1 N–H and O–H groups in total. The highest BCUT2D eigenvalue weighted by atomic mass is 79.9. The second-order valence-corrected chi connectivity index (χ2v) is 9.81. The number of aryl methyl sites for hydroxylation is 2. The van der Waals surface area contributed by atoms with Crippen LogP contribution < -0.4 is 5.32 Å². The van der Waals surface area contributed by atoms with E-state index in [1.165, 1.54) is 16.2 Å². The fourth-order valence-corrected chi connectivity index (χ4v) is 5.67. The second kappa shape index (κ2) is 9.16. The number of hydrogen-bond donors (Lipinski definition) is 1. The summed E-state index contributed by atoms with van der Waals surface area (Å²) >= 11 is 4.91. The molecule has 160 valence electrons. The monoisotopic (exact) mass is 504 g/mol. The van der Waals surface area contributed by atoms with Crippen LogP contribution in [0.15, 0.2) is 40.4 Å². The van der Waals surface area contributed by atoms with Gasteiger partial charge in [0.1, 0.15) is 22.7 Å². The van der Waals surface area contributed by atoms with Gasteiger partial charge in [0.2, 0.25) is 0 Å². The Hall–Kier alpha value is -3.13. The van der Waals surface area contributed by atoms with Crippen molar-refractivity contribution in [3.63, 3.8) is 0 Å². The molecule has 0 saturated heterocycles. The number of thiophene rings is 1. The largest absolute Gasteiger partial charge is 0.318 e. The van der Waals surface area contributed by atoms with Crippen molar-refractivity contribution in [2.24, 2.45) is 0 Å². The number of carbonyl (C=O) groups excluding carboxylic acids is 1. The molecule has 0 radical (unpaired) electrons. The van der Waals surface area contributed by atoms with Gasteiger partial charge in [-0.3, -0.25) is 4.79 Å². The molecule has 0 atom stereocenters. The highest BCUT2D eigenvalue weighted by molar-refractivity contribution is 9.10. The Kier molecular flexibility index (Phi) is 6.32. The molecule has 5 nitrogen and oxygen atoms in total. The molecule has 32 heavy (non-hydrogen) atoms. The van der Waals surface area contributed by atoms with Gasteiger partial charge in [-0.2, -0.15) is 10.5 Å². The number of halogens is 1. The Morgan fingerprint density at radius 2 is 1.91 bits per heavy atom. The van der Waals surface area contributed by atoms with Crippen molar-refractivity contribution < 1.29 is 4.79 Å². The highest BCUT2D eigenvalue weighted by Gasteiger charge is 2.23. The first-order chi connectivity index (χ1) is 15.4. The lowest BCUT2D eigenvalue weighted by Gasteiger charge is -2.10. The van der Waals surface area contributed by atoms with Crippen LogP contribution in [0.3, 0.4) is 0 Å². The van der Waals surface area contributed by atoms with E-state index < -0.39 is 5.91 Å². The van der Waals surface area contributed by atoms with E-state index in [-0.39, 0.29) is 5.57 Å². The molecule has 0 aliphatic heterocycles. The average molecular weight is 505 g/mol. The minimum Gasteiger partial charge on any atom is -0.318 e. The van der Waals surface area contributed by atoms with Gasteiger partial charge in [0.05, 0.1) is 5.56 Å². The number of rotatable bonds is 4. The lowest BCUT2D eigenvalue weighted by atomic mass is 9.96. The molecular weight excluding hydrogens is 484 g/mol. The zero-order valence-corrected chi connectivity index (χ0v) is 20.2. The third-order valence-electron chi connectivity index (χ3n) is 5.73. The molecule has 2 aromatic heterocycles. The molecule has 2 heterocycles. The van der Waals surface area contributed by atoms with Gasteiger partial charge in [-0.25, -0.2) is 0 Å². The Morgan fingerprint density at radius 1 is 1.19 bits per heavy atom. The first kappa shape index (κ1) is 22.1. The summed E-state index contributed by atoms with van der Waals surface area (Å²) in [7, 11) is 0. The molecule has 0 saturated carbocycles. The van der Waals surface area contributed by atoms with Crippen LogP contribution in [0, 0.1) is 36.5 Å². The Labute approximate surface area is 199 Å². The quantitative estimate of drug-likeness (QED) is 0.338. The van der Waals surface area contributed by atoms with Gasteiger partial charge >= 0.3 is 0 Å². The third-order valence-corrected chi connectivity index (χ3v) is 7.47. The van der Waals surface area contributed by atoms with Gasteiger partial charge in [-0.1, -0.05) is 15.9 Å². The number of amides is 1. The van der Waals surface area contributed by atoms with E-state index in [1.54, 1.807) is 6.08 Å². The van der Waals surface area contributed by atoms with E-state index in [4.69, 9.17) is 0 Å². The molecule has 1 amide bonds. The summed E-state index contributed by atoms with van der Waals surface area (Å²) in [5.41, 5.74) is 5.37. The Morgan fingerprint density at radius 3 is 2.59 bits per heavy atom. The van der Waals surface area contributed by atoms with E-state index in [2.05, 4.69) is 31.9 Å². The van der Waals surface area contributed by atoms with Gasteiger partial charge in [-0.05, 0) is 87.1 Å². The van der Waals surface area contributed by atoms with Gasteiger partial charge in [0.25, 0.3) is 5.91 Å².